The van der Waals surface area contributed by atoms with Crippen molar-refractivity contribution >= 4 is 44.6 Å². The zero-order valence-corrected chi connectivity index (χ0v) is 16.5. The van der Waals surface area contributed by atoms with Crippen LogP contribution in [0.2, 0.25) is 0 Å². The van der Waals surface area contributed by atoms with Crippen LogP contribution in [0.25, 0.3) is 22.2 Å². The third kappa shape index (κ3) is 3.97. The van der Waals surface area contributed by atoms with Crippen molar-refractivity contribution in [3.8, 4) is 11.3 Å². The summed E-state index contributed by atoms with van der Waals surface area (Å²) in [6.07, 6.45) is 1.04. The summed E-state index contributed by atoms with van der Waals surface area (Å²) in [5.74, 6) is -1.15. The number of carbonyl (C=O) groups is 2. The molecule has 3 rings (SSSR count). The number of halogens is 1. The molecule has 0 aliphatic rings. The third-order valence-corrected chi connectivity index (χ3v) is 4.35. The minimum absolute atomic E-state index is 0.191. The van der Waals surface area contributed by atoms with Crippen molar-refractivity contribution in [3.05, 3.63) is 34.6 Å². The Morgan fingerprint density at radius 3 is 2.70 bits per heavy atom. The van der Waals surface area contributed by atoms with Crippen molar-refractivity contribution in [2.24, 2.45) is 13.0 Å². The molecule has 2 N–H and O–H groups in total. The molecule has 1 amide bonds. The first kappa shape index (κ1) is 19.0. The average molecular weight is 436 g/mol. The predicted molar refractivity (Wildman–Crippen MR) is 103 cm³/mol. The number of aromatic carboxylic acids is 1. The van der Waals surface area contributed by atoms with Gasteiger partial charge in [0.05, 0.1) is 23.0 Å². The molecule has 2 heterocycles. The van der Waals surface area contributed by atoms with E-state index in [-0.39, 0.29) is 11.7 Å². The molecule has 0 atom stereocenters. The van der Waals surface area contributed by atoms with E-state index >= 15 is 0 Å². The van der Waals surface area contributed by atoms with Crippen molar-refractivity contribution in [2.75, 3.05) is 11.9 Å². The quantitative estimate of drug-likeness (QED) is 0.610. The Kier molecular flexibility index (Phi) is 5.22. The van der Waals surface area contributed by atoms with Crippen molar-refractivity contribution in [1.82, 2.24) is 9.78 Å². The molecule has 9 heteroatoms. The molecule has 0 unspecified atom stereocenters. The van der Waals surface area contributed by atoms with Crippen LogP contribution in [0.1, 0.15) is 24.4 Å². The van der Waals surface area contributed by atoms with E-state index in [2.05, 4.69) is 26.3 Å². The van der Waals surface area contributed by atoms with Gasteiger partial charge < -0.3 is 14.3 Å². The minimum Gasteiger partial charge on any atom is -0.475 e. The van der Waals surface area contributed by atoms with Crippen LogP contribution in [-0.2, 0) is 11.8 Å². The number of carbonyl (C=O) groups excluding carboxylic acids is 1. The lowest BCUT2D eigenvalue weighted by atomic mass is 10.1. The van der Waals surface area contributed by atoms with Gasteiger partial charge in [-0.25, -0.2) is 9.59 Å². The number of fused-ring (bicyclic) bond motifs is 1. The molecule has 1 aromatic carbocycles. The van der Waals surface area contributed by atoms with E-state index in [1.165, 1.54) is 6.07 Å². The first-order valence-corrected chi connectivity index (χ1v) is 8.98. The summed E-state index contributed by atoms with van der Waals surface area (Å²) in [5.41, 5.74) is 2.12. The van der Waals surface area contributed by atoms with E-state index in [9.17, 15) is 14.7 Å². The van der Waals surface area contributed by atoms with Gasteiger partial charge in [0.2, 0.25) is 5.76 Å². The summed E-state index contributed by atoms with van der Waals surface area (Å²) in [6.45, 7) is 4.18. The first-order chi connectivity index (χ1) is 12.8. The van der Waals surface area contributed by atoms with Gasteiger partial charge in [-0.3, -0.25) is 10.00 Å². The number of carboxylic acid groups (broad SMARTS) is 1. The molecule has 0 spiro atoms. The van der Waals surface area contributed by atoms with Gasteiger partial charge in [0, 0.05) is 23.7 Å². The van der Waals surface area contributed by atoms with E-state index in [0.717, 1.165) is 0 Å². The maximum Gasteiger partial charge on any atom is 0.411 e. The summed E-state index contributed by atoms with van der Waals surface area (Å²) >= 11 is 3.44. The van der Waals surface area contributed by atoms with Crippen LogP contribution >= 0.6 is 15.9 Å². The van der Waals surface area contributed by atoms with Crippen molar-refractivity contribution in [3.63, 3.8) is 0 Å². The maximum absolute atomic E-state index is 12.0. The summed E-state index contributed by atoms with van der Waals surface area (Å²) in [6, 6.07) is 4.74. The summed E-state index contributed by atoms with van der Waals surface area (Å²) in [5, 5.41) is 16.6. The summed E-state index contributed by atoms with van der Waals surface area (Å²) < 4.78 is 13.0. The van der Waals surface area contributed by atoms with Crippen molar-refractivity contribution < 1.29 is 23.8 Å². The number of aromatic nitrogens is 2. The highest BCUT2D eigenvalue weighted by atomic mass is 79.9. The lowest BCUT2D eigenvalue weighted by Crippen LogP contribution is -2.16. The highest BCUT2D eigenvalue weighted by molar-refractivity contribution is 9.10. The predicted octanol–water partition coefficient (Wildman–Crippen LogP) is 4.50. The topological polar surface area (TPSA) is 107 Å². The SMILES string of the molecule is CC(C)COC(=O)Nc1cc(-c2c(Br)cnn2C)c2oc(C(=O)O)cc2c1. The number of nitrogens with zero attached hydrogens (tertiary/aromatic N) is 2. The Balaban J connectivity index is 2.08. The molecule has 0 aliphatic heterocycles. The lowest BCUT2D eigenvalue weighted by molar-refractivity contribution is 0.0665. The molecule has 27 heavy (non-hydrogen) atoms. The van der Waals surface area contributed by atoms with Crippen LogP contribution in [0, 0.1) is 5.92 Å². The number of rotatable bonds is 5. The van der Waals surface area contributed by atoms with Gasteiger partial charge in [-0.15, -0.1) is 0 Å². The van der Waals surface area contributed by atoms with Crippen LogP contribution in [0.3, 0.4) is 0 Å². The van der Waals surface area contributed by atoms with E-state index < -0.39 is 12.1 Å². The minimum atomic E-state index is -1.17. The van der Waals surface area contributed by atoms with E-state index in [1.54, 1.807) is 30.1 Å². The molecule has 0 radical (unpaired) electrons. The van der Waals surface area contributed by atoms with Crippen molar-refractivity contribution in [1.29, 1.82) is 0 Å². The van der Waals surface area contributed by atoms with Crippen LogP contribution in [0.4, 0.5) is 10.5 Å². The fourth-order valence-electron chi connectivity index (χ4n) is 2.62. The number of aryl methyl sites for hydroxylation is 1. The standard InChI is InChI=1S/C18H18BrN3O5/c1-9(2)8-26-18(25)21-11-4-10-5-14(17(23)24)27-16(10)12(6-11)15-13(19)7-20-22(15)3/h4-7,9H,8H2,1-3H3,(H,21,25)(H,23,24). The molecule has 0 aliphatic carbocycles. The second-order valence-electron chi connectivity index (χ2n) is 6.44. The van der Waals surface area contributed by atoms with E-state index in [1.807, 2.05) is 13.8 Å². The Bertz CT molecular complexity index is 1000. The van der Waals surface area contributed by atoms with Crippen LogP contribution < -0.4 is 5.32 Å². The molecule has 8 nitrogen and oxygen atoms in total. The molecule has 142 valence electrons. The Morgan fingerprint density at radius 1 is 1.37 bits per heavy atom. The monoisotopic (exact) mass is 435 g/mol. The van der Waals surface area contributed by atoms with Gasteiger partial charge in [-0.1, -0.05) is 13.8 Å². The third-order valence-electron chi connectivity index (χ3n) is 3.77. The van der Waals surface area contributed by atoms with E-state index in [0.29, 0.717) is 39.0 Å². The van der Waals surface area contributed by atoms with E-state index in [4.69, 9.17) is 9.15 Å². The number of amides is 1. The molecular formula is C18H18BrN3O5. The van der Waals surface area contributed by atoms with Crippen LogP contribution in [0.15, 0.2) is 33.3 Å². The van der Waals surface area contributed by atoms with Crippen LogP contribution in [-0.4, -0.2) is 33.6 Å². The zero-order valence-electron chi connectivity index (χ0n) is 14.9. The maximum atomic E-state index is 12.0. The number of hydrogen-bond donors (Lipinski definition) is 2. The van der Waals surface area contributed by atoms with Gasteiger partial charge in [0.15, 0.2) is 0 Å². The van der Waals surface area contributed by atoms with Crippen molar-refractivity contribution in [2.45, 2.75) is 13.8 Å². The number of carboxylic acids is 1. The molecule has 0 saturated carbocycles. The number of anilines is 1. The summed E-state index contributed by atoms with van der Waals surface area (Å²) in [7, 11) is 1.75. The fourth-order valence-corrected chi connectivity index (χ4v) is 3.18. The summed E-state index contributed by atoms with van der Waals surface area (Å²) in [4.78, 5) is 23.3. The lowest BCUT2D eigenvalue weighted by Gasteiger charge is -2.11. The average Bonchev–Trinajstić information content (AvgIpc) is 3.16. The highest BCUT2D eigenvalue weighted by Crippen LogP contribution is 2.37. The zero-order chi connectivity index (χ0) is 19.7. The second-order valence-corrected chi connectivity index (χ2v) is 7.29. The molecule has 0 fully saturated rings. The van der Waals surface area contributed by atoms with Gasteiger partial charge in [-0.2, -0.15) is 5.10 Å². The second kappa shape index (κ2) is 7.43. The number of benzene rings is 1. The number of nitrogens with one attached hydrogen (secondary N) is 1. The number of ether oxygens (including phenoxy) is 1. The Hall–Kier alpha value is -2.81. The molecule has 0 saturated heterocycles. The van der Waals surface area contributed by atoms with Gasteiger partial charge in [-0.05, 0) is 40.0 Å². The highest BCUT2D eigenvalue weighted by Gasteiger charge is 2.20. The molecular weight excluding hydrogens is 418 g/mol. The Labute approximate surface area is 163 Å². The van der Waals surface area contributed by atoms with Gasteiger partial charge in [0.1, 0.15) is 5.58 Å². The number of hydrogen-bond acceptors (Lipinski definition) is 5. The molecule has 0 bridgehead atoms. The molecule has 2 aromatic heterocycles. The first-order valence-electron chi connectivity index (χ1n) is 8.18. The van der Waals surface area contributed by atoms with Gasteiger partial charge >= 0.3 is 12.1 Å². The smallest absolute Gasteiger partial charge is 0.411 e. The largest absolute Gasteiger partial charge is 0.475 e. The van der Waals surface area contributed by atoms with Crippen LogP contribution in [0.5, 0.6) is 0 Å². The molecule has 3 aromatic rings. The Morgan fingerprint density at radius 2 is 2.11 bits per heavy atom. The fraction of sp³-hybridized carbons (Fsp3) is 0.278. The number of furan rings is 1. The normalized spacial score (nSPS) is 11.1. The van der Waals surface area contributed by atoms with Gasteiger partial charge in [0.25, 0.3) is 0 Å².